The second kappa shape index (κ2) is 7.70. The lowest BCUT2D eigenvalue weighted by molar-refractivity contribution is -0.136. The standard InChI is InChI=1S/C23H27NO5/c1-23(2,3)13-7-8-17-14(9-13)15(11-21(25)26)22(24-17)16-10-19(28-5)20(29-6)12-18(16)27-4/h7-10,12,24H,11H2,1-6H3,(H,25,26). The number of carbonyl (C=O) groups is 1. The molecule has 29 heavy (non-hydrogen) atoms. The maximum absolute atomic E-state index is 11.7. The van der Waals surface area contributed by atoms with Crippen molar-refractivity contribution in [1.29, 1.82) is 0 Å². The molecule has 0 aliphatic rings. The van der Waals surface area contributed by atoms with Crippen LogP contribution in [-0.2, 0) is 16.6 Å². The smallest absolute Gasteiger partial charge is 0.307 e. The summed E-state index contributed by atoms with van der Waals surface area (Å²) in [6, 6.07) is 9.68. The molecular weight excluding hydrogens is 370 g/mol. The van der Waals surface area contributed by atoms with E-state index in [2.05, 4.69) is 37.9 Å². The van der Waals surface area contributed by atoms with E-state index in [-0.39, 0.29) is 11.8 Å². The topological polar surface area (TPSA) is 80.8 Å². The van der Waals surface area contributed by atoms with Crippen molar-refractivity contribution in [2.75, 3.05) is 21.3 Å². The van der Waals surface area contributed by atoms with Crippen LogP contribution in [0.3, 0.4) is 0 Å². The number of aromatic nitrogens is 1. The van der Waals surface area contributed by atoms with Gasteiger partial charge in [0, 0.05) is 22.5 Å². The minimum atomic E-state index is -0.896. The number of H-pyrrole nitrogens is 1. The van der Waals surface area contributed by atoms with E-state index in [1.807, 2.05) is 6.07 Å². The molecule has 1 heterocycles. The third-order valence-electron chi connectivity index (χ3n) is 5.08. The molecule has 0 radical (unpaired) electrons. The first-order valence-corrected chi connectivity index (χ1v) is 9.36. The Bertz CT molecular complexity index is 1060. The number of aliphatic carboxylic acids is 1. The highest BCUT2D eigenvalue weighted by Crippen LogP contribution is 2.43. The number of ether oxygens (including phenoxy) is 3. The van der Waals surface area contributed by atoms with Gasteiger partial charge in [0.1, 0.15) is 5.75 Å². The summed E-state index contributed by atoms with van der Waals surface area (Å²) >= 11 is 0. The molecule has 0 saturated carbocycles. The minimum Gasteiger partial charge on any atom is -0.496 e. The molecule has 0 fully saturated rings. The number of aromatic amines is 1. The van der Waals surface area contributed by atoms with Gasteiger partial charge in [-0.1, -0.05) is 26.8 Å². The molecular formula is C23H27NO5. The number of rotatable bonds is 6. The Morgan fingerprint density at radius 3 is 2.14 bits per heavy atom. The van der Waals surface area contributed by atoms with Crippen molar-refractivity contribution in [3.63, 3.8) is 0 Å². The quantitative estimate of drug-likeness (QED) is 0.625. The number of fused-ring (bicyclic) bond motifs is 1. The van der Waals surface area contributed by atoms with Gasteiger partial charge >= 0.3 is 5.97 Å². The highest BCUT2D eigenvalue weighted by atomic mass is 16.5. The monoisotopic (exact) mass is 397 g/mol. The summed E-state index contributed by atoms with van der Waals surface area (Å²) in [5.41, 5.74) is 4.10. The van der Waals surface area contributed by atoms with Gasteiger partial charge in [0.15, 0.2) is 11.5 Å². The van der Waals surface area contributed by atoms with Crippen LogP contribution in [0, 0.1) is 0 Å². The third kappa shape index (κ3) is 3.88. The lowest BCUT2D eigenvalue weighted by Crippen LogP contribution is -2.10. The van der Waals surface area contributed by atoms with Crippen molar-refractivity contribution < 1.29 is 24.1 Å². The molecule has 0 unspecified atom stereocenters. The number of methoxy groups -OCH3 is 3. The van der Waals surface area contributed by atoms with E-state index >= 15 is 0 Å². The zero-order valence-corrected chi connectivity index (χ0v) is 17.7. The van der Waals surface area contributed by atoms with Crippen LogP contribution in [0.1, 0.15) is 31.9 Å². The summed E-state index contributed by atoms with van der Waals surface area (Å²) in [7, 11) is 4.69. The maximum Gasteiger partial charge on any atom is 0.307 e. The summed E-state index contributed by atoms with van der Waals surface area (Å²) in [5, 5.41) is 10.5. The molecule has 0 atom stereocenters. The fourth-order valence-electron chi connectivity index (χ4n) is 3.50. The van der Waals surface area contributed by atoms with Crippen LogP contribution < -0.4 is 14.2 Å². The number of nitrogens with one attached hydrogen (secondary N) is 1. The van der Waals surface area contributed by atoms with Crippen LogP contribution in [-0.4, -0.2) is 37.4 Å². The van der Waals surface area contributed by atoms with Gasteiger partial charge in [-0.2, -0.15) is 0 Å². The lowest BCUT2D eigenvalue weighted by Gasteiger charge is -2.19. The van der Waals surface area contributed by atoms with Crippen LogP contribution in [0.2, 0.25) is 0 Å². The Morgan fingerprint density at radius 2 is 1.59 bits per heavy atom. The van der Waals surface area contributed by atoms with Gasteiger partial charge in [0.2, 0.25) is 0 Å². The van der Waals surface area contributed by atoms with Gasteiger partial charge < -0.3 is 24.3 Å². The van der Waals surface area contributed by atoms with Crippen molar-refractivity contribution in [1.82, 2.24) is 4.98 Å². The Hall–Kier alpha value is -3.15. The predicted octanol–water partition coefficient (Wildman–Crippen LogP) is 4.79. The molecule has 2 N–H and O–H groups in total. The molecule has 1 aromatic heterocycles. The molecule has 0 amide bonds. The molecule has 3 rings (SSSR count). The van der Waals surface area contributed by atoms with Gasteiger partial charge in [0.05, 0.1) is 33.4 Å². The summed E-state index contributed by atoms with van der Waals surface area (Å²) in [6.07, 6.45) is -0.111. The first kappa shape index (κ1) is 20.6. The van der Waals surface area contributed by atoms with Crippen LogP contribution >= 0.6 is 0 Å². The Kier molecular flexibility index (Phi) is 5.46. The normalized spacial score (nSPS) is 11.5. The number of carboxylic acid groups (broad SMARTS) is 1. The Labute approximate surface area is 170 Å². The van der Waals surface area contributed by atoms with Crippen LogP contribution in [0.5, 0.6) is 17.2 Å². The molecule has 6 heteroatoms. The first-order chi connectivity index (χ1) is 13.7. The zero-order chi connectivity index (χ0) is 21.3. The van der Waals surface area contributed by atoms with E-state index < -0.39 is 5.97 Å². The van der Waals surface area contributed by atoms with Gasteiger partial charge in [-0.15, -0.1) is 0 Å². The van der Waals surface area contributed by atoms with Gasteiger partial charge in [-0.3, -0.25) is 4.79 Å². The van der Waals surface area contributed by atoms with Gasteiger partial charge in [0.25, 0.3) is 0 Å². The highest BCUT2D eigenvalue weighted by molar-refractivity contribution is 5.95. The molecule has 3 aromatic rings. The molecule has 0 bridgehead atoms. The molecule has 2 aromatic carbocycles. The molecule has 0 saturated heterocycles. The van der Waals surface area contributed by atoms with E-state index in [1.165, 1.54) is 0 Å². The van der Waals surface area contributed by atoms with E-state index in [4.69, 9.17) is 14.2 Å². The van der Waals surface area contributed by atoms with Crippen LogP contribution in [0.25, 0.3) is 22.2 Å². The first-order valence-electron chi connectivity index (χ1n) is 9.36. The molecule has 0 aliphatic heterocycles. The van der Waals surface area contributed by atoms with Crippen molar-refractivity contribution in [2.24, 2.45) is 0 Å². The molecule has 0 aliphatic carbocycles. The van der Waals surface area contributed by atoms with E-state index in [0.717, 1.165) is 22.0 Å². The number of hydrogen-bond donors (Lipinski definition) is 2. The summed E-state index contributed by atoms with van der Waals surface area (Å²) in [4.78, 5) is 15.1. The average molecular weight is 397 g/mol. The fourth-order valence-corrected chi connectivity index (χ4v) is 3.50. The van der Waals surface area contributed by atoms with Crippen molar-refractivity contribution in [3.05, 3.63) is 41.5 Å². The number of carboxylic acids is 1. The SMILES string of the molecule is COc1cc(OC)c(-c2[nH]c3ccc(C(C)(C)C)cc3c2CC(=O)O)cc1OC. The second-order valence-electron chi connectivity index (χ2n) is 7.97. The summed E-state index contributed by atoms with van der Waals surface area (Å²) in [6.45, 7) is 6.40. The second-order valence-corrected chi connectivity index (χ2v) is 7.97. The van der Waals surface area contributed by atoms with Crippen molar-refractivity contribution in [3.8, 4) is 28.5 Å². The lowest BCUT2D eigenvalue weighted by atomic mass is 9.86. The largest absolute Gasteiger partial charge is 0.496 e. The molecule has 0 spiro atoms. The van der Waals surface area contributed by atoms with E-state index in [0.29, 0.717) is 28.5 Å². The van der Waals surface area contributed by atoms with Crippen molar-refractivity contribution in [2.45, 2.75) is 32.6 Å². The zero-order valence-electron chi connectivity index (χ0n) is 17.7. The Morgan fingerprint density at radius 1 is 0.966 bits per heavy atom. The van der Waals surface area contributed by atoms with Crippen molar-refractivity contribution >= 4 is 16.9 Å². The number of hydrogen-bond acceptors (Lipinski definition) is 4. The van der Waals surface area contributed by atoms with E-state index in [1.54, 1.807) is 33.5 Å². The average Bonchev–Trinajstić information content (AvgIpc) is 3.03. The maximum atomic E-state index is 11.7. The Balaban J connectivity index is 2.33. The highest BCUT2D eigenvalue weighted by Gasteiger charge is 2.23. The predicted molar refractivity (Wildman–Crippen MR) is 113 cm³/mol. The van der Waals surface area contributed by atoms with Crippen LogP contribution in [0.15, 0.2) is 30.3 Å². The summed E-state index contributed by atoms with van der Waals surface area (Å²) in [5.74, 6) is 0.752. The fraction of sp³-hybridized carbons (Fsp3) is 0.348. The third-order valence-corrected chi connectivity index (χ3v) is 5.08. The molecule has 6 nitrogen and oxygen atoms in total. The van der Waals surface area contributed by atoms with E-state index in [9.17, 15) is 9.90 Å². The summed E-state index contributed by atoms with van der Waals surface area (Å²) < 4.78 is 16.4. The minimum absolute atomic E-state index is 0.0485. The van der Waals surface area contributed by atoms with Gasteiger partial charge in [-0.05, 0) is 34.7 Å². The van der Waals surface area contributed by atoms with Gasteiger partial charge in [-0.25, -0.2) is 0 Å². The number of benzene rings is 2. The van der Waals surface area contributed by atoms with Crippen LogP contribution in [0.4, 0.5) is 0 Å². The molecule has 154 valence electrons.